The maximum absolute atomic E-state index is 6.39. The van der Waals surface area contributed by atoms with Crippen molar-refractivity contribution < 1.29 is 8.85 Å². The first-order valence-corrected chi connectivity index (χ1v) is 11.0. The zero-order valence-electron chi connectivity index (χ0n) is 14.9. The SMILES string of the molecule is CCCO[Si](NC1CCCCC1C)(OCCC)C(C)CC. The maximum atomic E-state index is 6.39. The molecule has 0 radical (unpaired) electrons. The molecule has 3 nitrogen and oxygen atoms in total. The van der Waals surface area contributed by atoms with Crippen LogP contribution in [0.1, 0.15) is 79.6 Å². The van der Waals surface area contributed by atoms with Crippen LogP contribution < -0.4 is 4.98 Å². The number of rotatable bonds is 10. The molecule has 0 heterocycles. The zero-order valence-corrected chi connectivity index (χ0v) is 15.9. The average Bonchev–Trinajstić information content (AvgIpc) is 2.51. The highest BCUT2D eigenvalue weighted by Crippen LogP contribution is 2.30. The van der Waals surface area contributed by atoms with E-state index >= 15 is 0 Å². The van der Waals surface area contributed by atoms with Gasteiger partial charge in [0.05, 0.1) is 0 Å². The fourth-order valence-electron chi connectivity index (χ4n) is 3.12. The van der Waals surface area contributed by atoms with Crippen LogP contribution in [-0.2, 0) is 8.85 Å². The van der Waals surface area contributed by atoms with E-state index in [1.165, 1.54) is 25.7 Å². The van der Waals surface area contributed by atoms with Crippen LogP contribution in [0.3, 0.4) is 0 Å². The van der Waals surface area contributed by atoms with Crippen LogP contribution >= 0.6 is 0 Å². The smallest absolute Gasteiger partial charge is 0.383 e. The number of hydrogen-bond donors (Lipinski definition) is 1. The average molecular weight is 316 g/mol. The molecule has 1 saturated carbocycles. The van der Waals surface area contributed by atoms with Crippen LogP contribution in [0, 0.1) is 5.92 Å². The minimum absolute atomic E-state index is 0.490. The van der Waals surface area contributed by atoms with Crippen LogP contribution in [0.25, 0.3) is 0 Å². The van der Waals surface area contributed by atoms with Gasteiger partial charge in [-0.15, -0.1) is 0 Å². The Kier molecular flexibility index (Phi) is 9.10. The molecule has 0 aromatic heterocycles. The Bertz CT molecular complexity index is 268. The largest absolute Gasteiger partial charge is 0.428 e. The van der Waals surface area contributed by atoms with Gasteiger partial charge in [-0.25, -0.2) is 0 Å². The van der Waals surface area contributed by atoms with Crippen molar-refractivity contribution >= 4 is 8.72 Å². The highest BCUT2D eigenvalue weighted by Gasteiger charge is 2.46. The quantitative estimate of drug-likeness (QED) is 0.590. The van der Waals surface area contributed by atoms with E-state index in [4.69, 9.17) is 8.85 Å². The Hall–Kier alpha value is 0.0969. The van der Waals surface area contributed by atoms with E-state index in [0.29, 0.717) is 11.6 Å². The summed E-state index contributed by atoms with van der Waals surface area (Å²) < 4.78 is 12.8. The summed E-state index contributed by atoms with van der Waals surface area (Å²) in [5.41, 5.74) is 0.490. The van der Waals surface area contributed by atoms with Crippen molar-refractivity contribution in [3.05, 3.63) is 0 Å². The molecule has 0 saturated heterocycles. The first-order chi connectivity index (χ1) is 10.1. The van der Waals surface area contributed by atoms with E-state index in [0.717, 1.165) is 38.4 Å². The Labute approximate surface area is 133 Å². The van der Waals surface area contributed by atoms with Gasteiger partial charge in [0.25, 0.3) is 0 Å². The van der Waals surface area contributed by atoms with Crippen molar-refractivity contribution in [2.45, 2.75) is 91.1 Å². The van der Waals surface area contributed by atoms with Crippen molar-refractivity contribution in [1.29, 1.82) is 0 Å². The van der Waals surface area contributed by atoms with Gasteiger partial charge >= 0.3 is 8.72 Å². The molecule has 0 amide bonds. The van der Waals surface area contributed by atoms with Crippen molar-refractivity contribution in [2.24, 2.45) is 5.92 Å². The summed E-state index contributed by atoms with van der Waals surface area (Å²) in [6.07, 6.45) is 8.57. The van der Waals surface area contributed by atoms with Gasteiger partial charge in [-0.3, -0.25) is 4.98 Å². The molecular weight excluding hydrogens is 278 g/mol. The molecule has 3 atom stereocenters. The summed E-state index contributed by atoms with van der Waals surface area (Å²) in [7, 11) is -2.32. The fraction of sp³-hybridized carbons (Fsp3) is 1.00. The highest BCUT2D eigenvalue weighted by atomic mass is 28.4. The van der Waals surface area contributed by atoms with Crippen LogP contribution in [0.2, 0.25) is 5.54 Å². The standard InChI is InChI=1S/C17H37NO2Si/c1-6-13-19-21(16(5)8-3,20-14-7-2)18-17-12-10-9-11-15(17)4/h15-18H,6-14H2,1-5H3. The second-order valence-corrected chi connectivity index (χ2v) is 9.87. The number of nitrogens with one attached hydrogen (secondary N) is 1. The third kappa shape index (κ3) is 5.66. The summed E-state index contributed by atoms with van der Waals surface area (Å²) in [6.45, 7) is 12.9. The van der Waals surface area contributed by atoms with Crippen molar-refractivity contribution in [3.8, 4) is 0 Å². The molecule has 126 valence electrons. The van der Waals surface area contributed by atoms with Gasteiger partial charge in [0.1, 0.15) is 0 Å². The Balaban J connectivity index is 2.84. The van der Waals surface area contributed by atoms with Crippen LogP contribution in [-0.4, -0.2) is 28.0 Å². The first-order valence-electron chi connectivity index (χ1n) is 9.15. The van der Waals surface area contributed by atoms with Crippen molar-refractivity contribution in [1.82, 2.24) is 4.98 Å². The van der Waals surface area contributed by atoms with E-state index in [1.807, 2.05) is 0 Å². The van der Waals surface area contributed by atoms with E-state index in [9.17, 15) is 0 Å². The lowest BCUT2D eigenvalue weighted by atomic mass is 9.87. The van der Waals surface area contributed by atoms with E-state index < -0.39 is 8.72 Å². The molecule has 1 rings (SSSR count). The van der Waals surface area contributed by atoms with Crippen LogP contribution in [0.15, 0.2) is 0 Å². The molecule has 0 aromatic rings. The van der Waals surface area contributed by atoms with Crippen molar-refractivity contribution in [2.75, 3.05) is 13.2 Å². The second-order valence-electron chi connectivity index (χ2n) is 6.69. The highest BCUT2D eigenvalue weighted by molar-refractivity contribution is 6.66. The molecule has 1 fully saturated rings. The summed E-state index contributed by atoms with van der Waals surface area (Å²) >= 11 is 0. The first kappa shape index (κ1) is 19.1. The molecule has 21 heavy (non-hydrogen) atoms. The molecule has 0 aliphatic heterocycles. The van der Waals surface area contributed by atoms with E-state index in [1.54, 1.807) is 0 Å². The summed E-state index contributed by atoms with van der Waals surface area (Å²) in [5, 5.41) is 0. The normalized spacial score (nSPS) is 25.0. The Morgan fingerprint density at radius 3 is 2.10 bits per heavy atom. The van der Waals surface area contributed by atoms with Gasteiger partial charge in [-0.2, -0.15) is 0 Å². The molecule has 1 aliphatic carbocycles. The van der Waals surface area contributed by atoms with Crippen LogP contribution in [0.4, 0.5) is 0 Å². The minimum atomic E-state index is -2.32. The number of hydrogen-bond acceptors (Lipinski definition) is 3. The minimum Gasteiger partial charge on any atom is -0.383 e. The molecular formula is C17H37NO2Si. The zero-order chi connectivity index (χ0) is 15.7. The molecule has 1 N–H and O–H groups in total. The summed E-state index contributed by atoms with van der Waals surface area (Å²) in [5.74, 6) is 0.741. The molecule has 0 bridgehead atoms. The lowest BCUT2D eigenvalue weighted by Gasteiger charge is -2.41. The Morgan fingerprint density at radius 2 is 1.62 bits per heavy atom. The summed E-state index contributed by atoms with van der Waals surface area (Å²) in [4.78, 5) is 3.93. The monoisotopic (exact) mass is 315 g/mol. The third-order valence-electron chi connectivity index (χ3n) is 4.80. The molecule has 0 aromatic carbocycles. The molecule has 4 heteroatoms. The van der Waals surface area contributed by atoms with Crippen molar-refractivity contribution in [3.63, 3.8) is 0 Å². The van der Waals surface area contributed by atoms with Gasteiger partial charge < -0.3 is 8.85 Å². The van der Waals surface area contributed by atoms with Gasteiger partial charge in [-0.1, -0.05) is 53.9 Å². The van der Waals surface area contributed by atoms with Gasteiger partial charge in [0.2, 0.25) is 0 Å². The maximum Gasteiger partial charge on any atom is 0.428 e. The van der Waals surface area contributed by atoms with Crippen LogP contribution in [0.5, 0.6) is 0 Å². The molecule has 3 unspecified atom stereocenters. The lowest BCUT2D eigenvalue weighted by molar-refractivity contribution is 0.133. The van der Waals surface area contributed by atoms with E-state index in [-0.39, 0.29) is 0 Å². The molecule has 1 aliphatic rings. The predicted molar refractivity (Wildman–Crippen MR) is 92.5 cm³/mol. The topological polar surface area (TPSA) is 30.5 Å². The van der Waals surface area contributed by atoms with E-state index in [2.05, 4.69) is 39.6 Å². The van der Waals surface area contributed by atoms with Gasteiger partial charge in [0, 0.05) is 24.8 Å². The Morgan fingerprint density at radius 1 is 1.05 bits per heavy atom. The van der Waals surface area contributed by atoms with Gasteiger partial charge in [-0.05, 0) is 31.6 Å². The third-order valence-corrected chi connectivity index (χ3v) is 8.55. The fourth-order valence-corrected chi connectivity index (χ4v) is 6.72. The van der Waals surface area contributed by atoms with Gasteiger partial charge in [0.15, 0.2) is 0 Å². The molecule has 0 spiro atoms. The lowest BCUT2D eigenvalue weighted by Crippen LogP contribution is -2.64. The second kappa shape index (κ2) is 9.98. The predicted octanol–water partition coefficient (Wildman–Crippen LogP) is 4.75. The summed E-state index contributed by atoms with van der Waals surface area (Å²) in [6, 6.07) is 0.577.